The number of rotatable bonds is 5. The minimum Gasteiger partial charge on any atom is -0.370 e. The van der Waals surface area contributed by atoms with Crippen molar-refractivity contribution in [3.8, 4) is 0 Å². The summed E-state index contributed by atoms with van der Waals surface area (Å²) in [5, 5.41) is 2.55. The number of para-hydroxylation sites is 1. The number of hydrogen-bond donors (Lipinski definition) is 3. The molecule has 0 aromatic heterocycles. The Bertz CT molecular complexity index is 416. The zero-order chi connectivity index (χ0) is 12.8. The summed E-state index contributed by atoms with van der Waals surface area (Å²) < 4.78 is 4.88. The smallest absolute Gasteiger partial charge is 0.254 e. The summed E-state index contributed by atoms with van der Waals surface area (Å²) in [7, 11) is 1.39. The molecule has 0 aliphatic heterocycles. The summed E-state index contributed by atoms with van der Waals surface area (Å²) >= 11 is 0. The first-order valence-corrected chi connectivity index (χ1v) is 5.02. The molecule has 17 heavy (non-hydrogen) atoms. The van der Waals surface area contributed by atoms with Gasteiger partial charge in [0, 0.05) is 13.7 Å². The quantitative estimate of drug-likeness (QED) is 0.653. The van der Waals surface area contributed by atoms with E-state index in [0.717, 1.165) is 0 Å². The van der Waals surface area contributed by atoms with E-state index in [1.807, 2.05) is 0 Å². The lowest BCUT2D eigenvalue weighted by Crippen LogP contribution is -2.36. The predicted octanol–water partition coefficient (Wildman–Crippen LogP) is -0.302. The number of carbonyl (C=O) groups is 2. The fourth-order valence-corrected chi connectivity index (χ4v) is 1.33. The molecule has 0 saturated carbocycles. The average molecular weight is 237 g/mol. The SMILES string of the molecule is COC(CN)C(=O)Nc1ccccc1C(N)=O. The minimum absolute atomic E-state index is 0.0566. The Morgan fingerprint density at radius 2 is 2.06 bits per heavy atom. The van der Waals surface area contributed by atoms with Gasteiger partial charge in [0.25, 0.3) is 11.8 Å². The summed E-state index contributed by atoms with van der Waals surface area (Å²) in [6, 6.07) is 6.46. The molecule has 6 heteroatoms. The van der Waals surface area contributed by atoms with E-state index in [1.165, 1.54) is 13.2 Å². The van der Waals surface area contributed by atoms with Gasteiger partial charge in [-0.25, -0.2) is 0 Å². The number of nitrogens with two attached hydrogens (primary N) is 2. The van der Waals surface area contributed by atoms with E-state index in [2.05, 4.69) is 5.32 Å². The molecular weight excluding hydrogens is 222 g/mol. The maximum absolute atomic E-state index is 11.7. The molecule has 1 rings (SSSR count). The van der Waals surface area contributed by atoms with Crippen LogP contribution in [0.25, 0.3) is 0 Å². The zero-order valence-corrected chi connectivity index (χ0v) is 9.47. The van der Waals surface area contributed by atoms with Crippen LogP contribution in [0.2, 0.25) is 0 Å². The first-order chi connectivity index (χ1) is 8.10. The molecule has 5 N–H and O–H groups in total. The molecule has 0 bridgehead atoms. The Morgan fingerprint density at radius 3 is 2.59 bits per heavy atom. The summed E-state index contributed by atoms with van der Waals surface area (Å²) in [4.78, 5) is 22.8. The molecule has 0 fully saturated rings. The van der Waals surface area contributed by atoms with Crippen LogP contribution in [0.4, 0.5) is 5.69 Å². The van der Waals surface area contributed by atoms with Crippen LogP contribution in [0.1, 0.15) is 10.4 Å². The highest BCUT2D eigenvalue weighted by molar-refractivity contribution is 6.03. The Kier molecular flexibility index (Phi) is 4.62. The fraction of sp³-hybridized carbons (Fsp3) is 0.273. The van der Waals surface area contributed by atoms with Crippen LogP contribution in [0.5, 0.6) is 0 Å². The second-order valence-electron chi connectivity index (χ2n) is 3.36. The van der Waals surface area contributed by atoms with Crippen molar-refractivity contribution < 1.29 is 14.3 Å². The molecule has 0 aliphatic carbocycles. The van der Waals surface area contributed by atoms with Gasteiger partial charge >= 0.3 is 0 Å². The van der Waals surface area contributed by atoms with Crippen molar-refractivity contribution in [2.24, 2.45) is 11.5 Å². The predicted molar refractivity (Wildman–Crippen MR) is 63.4 cm³/mol. The lowest BCUT2D eigenvalue weighted by atomic mass is 10.1. The highest BCUT2D eigenvalue weighted by Crippen LogP contribution is 2.14. The monoisotopic (exact) mass is 237 g/mol. The zero-order valence-electron chi connectivity index (χ0n) is 9.47. The Hall–Kier alpha value is -1.92. The van der Waals surface area contributed by atoms with E-state index in [0.29, 0.717) is 5.69 Å². The molecule has 1 atom stereocenters. The number of primary amides is 1. The van der Waals surface area contributed by atoms with Crippen LogP contribution in [0.3, 0.4) is 0 Å². The van der Waals surface area contributed by atoms with Crippen molar-refractivity contribution in [3.63, 3.8) is 0 Å². The van der Waals surface area contributed by atoms with E-state index in [-0.39, 0.29) is 12.1 Å². The summed E-state index contributed by atoms with van der Waals surface area (Å²) in [5.41, 5.74) is 11.1. The largest absolute Gasteiger partial charge is 0.370 e. The second kappa shape index (κ2) is 5.97. The Labute approximate surface area is 98.9 Å². The Balaban J connectivity index is 2.88. The molecule has 2 amide bonds. The third-order valence-electron chi connectivity index (χ3n) is 2.24. The number of hydrogen-bond acceptors (Lipinski definition) is 4. The molecule has 0 heterocycles. The van der Waals surface area contributed by atoms with Gasteiger partial charge in [0.1, 0.15) is 6.10 Å². The number of nitrogens with one attached hydrogen (secondary N) is 1. The standard InChI is InChI=1S/C11H15N3O3/c1-17-9(6-12)11(16)14-8-5-3-2-4-7(8)10(13)15/h2-5,9H,6,12H2,1H3,(H2,13,15)(H,14,16). The van der Waals surface area contributed by atoms with Gasteiger partial charge in [-0.1, -0.05) is 12.1 Å². The molecule has 1 aromatic rings. The number of ether oxygens (including phenoxy) is 1. The number of benzene rings is 1. The van der Waals surface area contributed by atoms with Crippen molar-refractivity contribution in [3.05, 3.63) is 29.8 Å². The number of methoxy groups -OCH3 is 1. The molecule has 6 nitrogen and oxygen atoms in total. The average Bonchev–Trinajstić information content (AvgIpc) is 2.31. The van der Waals surface area contributed by atoms with Gasteiger partial charge in [-0.2, -0.15) is 0 Å². The van der Waals surface area contributed by atoms with Gasteiger partial charge in [-0.3, -0.25) is 9.59 Å². The van der Waals surface area contributed by atoms with Crippen LogP contribution in [0, 0.1) is 0 Å². The molecule has 92 valence electrons. The van der Waals surface area contributed by atoms with Crippen LogP contribution >= 0.6 is 0 Å². The molecule has 1 aromatic carbocycles. The lowest BCUT2D eigenvalue weighted by molar-refractivity contribution is -0.125. The highest BCUT2D eigenvalue weighted by Gasteiger charge is 2.17. The molecule has 0 radical (unpaired) electrons. The normalized spacial score (nSPS) is 11.9. The fourth-order valence-electron chi connectivity index (χ4n) is 1.33. The van der Waals surface area contributed by atoms with Crippen LogP contribution in [-0.4, -0.2) is 31.6 Å². The van der Waals surface area contributed by atoms with Gasteiger partial charge in [0.05, 0.1) is 11.3 Å². The molecular formula is C11H15N3O3. The van der Waals surface area contributed by atoms with Crippen molar-refractivity contribution >= 4 is 17.5 Å². The summed E-state index contributed by atoms with van der Waals surface area (Å²) in [5.74, 6) is -1.02. The minimum atomic E-state index is -0.754. The van der Waals surface area contributed by atoms with E-state index in [4.69, 9.17) is 16.2 Å². The second-order valence-corrected chi connectivity index (χ2v) is 3.36. The van der Waals surface area contributed by atoms with Gasteiger partial charge in [0.2, 0.25) is 0 Å². The molecule has 1 unspecified atom stereocenters. The topological polar surface area (TPSA) is 107 Å². The van der Waals surface area contributed by atoms with Gasteiger partial charge in [0.15, 0.2) is 0 Å². The highest BCUT2D eigenvalue weighted by atomic mass is 16.5. The maximum Gasteiger partial charge on any atom is 0.254 e. The van der Waals surface area contributed by atoms with Crippen molar-refractivity contribution in [2.45, 2.75) is 6.10 Å². The summed E-state index contributed by atoms with van der Waals surface area (Å²) in [6.07, 6.45) is -0.754. The number of anilines is 1. The van der Waals surface area contributed by atoms with Gasteiger partial charge in [-0.15, -0.1) is 0 Å². The van der Waals surface area contributed by atoms with Crippen molar-refractivity contribution in [2.75, 3.05) is 19.0 Å². The third kappa shape index (κ3) is 3.27. The van der Waals surface area contributed by atoms with Crippen LogP contribution in [-0.2, 0) is 9.53 Å². The van der Waals surface area contributed by atoms with Crippen molar-refractivity contribution in [1.29, 1.82) is 0 Å². The molecule has 0 spiro atoms. The third-order valence-corrected chi connectivity index (χ3v) is 2.24. The van der Waals surface area contributed by atoms with Crippen LogP contribution < -0.4 is 16.8 Å². The number of carbonyl (C=O) groups excluding carboxylic acids is 2. The molecule has 0 saturated heterocycles. The van der Waals surface area contributed by atoms with Crippen LogP contribution in [0.15, 0.2) is 24.3 Å². The van der Waals surface area contributed by atoms with E-state index >= 15 is 0 Å². The van der Waals surface area contributed by atoms with Crippen molar-refractivity contribution in [1.82, 2.24) is 0 Å². The van der Waals surface area contributed by atoms with Gasteiger partial charge < -0.3 is 21.5 Å². The van der Waals surface area contributed by atoms with E-state index in [9.17, 15) is 9.59 Å². The maximum atomic E-state index is 11.7. The first-order valence-electron chi connectivity index (χ1n) is 5.02. The van der Waals surface area contributed by atoms with E-state index in [1.54, 1.807) is 18.2 Å². The first kappa shape index (κ1) is 13.1. The lowest BCUT2D eigenvalue weighted by Gasteiger charge is -2.14. The summed E-state index contributed by atoms with van der Waals surface area (Å²) in [6.45, 7) is 0.0566. The van der Waals surface area contributed by atoms with Gasteiger partial charge in [-0.05, 0) is 12.1 Å². The Morgan fingerprint density at radius 1 is 1.41 bits per heavy atom. The van der Waals surface area contributed by atoms with E-state index < -0.39 is 17.9 Å². The molecule has 0 aliphatic rings. The number of amides is 2.